The van der Waals surface area contributed by atoms with Crippen molar-refractivity contribution in [1.29, 1.82) is 0 Å². The summed E-state index contributed by atoms with van der Waals surface area (Å²) in [5, 5.41) is 11.2. The summed E-state index contributed by atoms with van der Waals surface area (Å²) in [5.74, 6) is 0.506. The molecule has 0 radical (unpaired) electrons. The van der Waals surface area contributed by atoms with E-state index in [9.17, 15) is 9.59 Å². The molecule has 2 atom stereocenters. The molecule has 1 amide bonds. The van der Waals surface area contributed by atoms with E-state index in [4.69, 9.17) is 0 Å². The molecule has 0 unspecified atom stereocenters. The predicted molar refractivity (Wildman–Crippen MR) is 103 cm³/mol. The quantitative estimate of drug-likeness (QED) is 0.901. The van der Waals surface area contributed by atoms with Crippen LogP contribution < -0.4 is 15.8 Å². The molecule has 2 aliphatic rings. The second-order valence-corrected chi connectivity index (χ2v) is 7.63. The molecule has 2 aromatic rings. The Balaban J connectivity index is 1.58. The lowest BCUT2D eigenvalue weighted by Gasteiger charge is -2.29. The van der Waals surface area contributed by atoms with Gasteiger partial charge in [0.1, 0.15) is 0 Å². The van der Waals surface area contributed by atoms with E-state index >= 15 is 0 Å². The minimum atomic E-state index is -0.407. The van der Waals surface area contributed by atoms with Crippen LogP contribution in [0.3, 0.4) is 0 Å². The summed E-state index contributed by atoms with van der Waals surface area (Å²) >= 11 is 0. The van der Waals surface area contributed by atoms with Crippen molar-refractivity contribution in [2.24, 2.45) is 5.92 Å². The third-order valence-corrected chi connectivity index (χ3v) is 5.71. The Morgan fingerprint density at radius 2 is 1.85 bits per heavy atom. The van der Waals surface area contributed by atoms with Gasteiger partial charge in [0.25, 0.3) is 11.5 Å². The van der Waals surface area contributed by atoms with Gasteiger partial charge in [-0.3, -0.25) is 14.2 Å². The van der Waals surface area contributed by atoms with Gasteiger partial charge in [-0.1, -0.05) is 37.5 Å². The summed E-state index contributed by atoms with van der Waals surface area (Å²) in [6, 6.07) is 8.16. The van der Waals surface area contributed by atoms with Crippen LogP contribution in [0.4, 0.5) is 11.6 Å². The maximum atomic E-state index is 12.8. The van der Waals surface area contributed by atoms with E-state index in [1.807, 2.05) is 36.1 Å². The maximum absolute atomic E-state index is 12.8. The number of carbonyl (C=O) groups excluding carboxylic acids is 1. The van der Waals surface area contributed by atoms with Gasteiger partial charge < -0.3 is 10.2 Å². The number of fused-ring (bicyclic) bond motifs is 1. The molecular formula is C20H25N5O2. The van der Waals surface area contributed by atoms with Crippen LogP contribution in [0.25, 0.3) is 0 Å². The first-order valence-corrected chi connectivity index (χ1v) is 9.67. The summed E-state index contributed by atoms with van der Waals surface area (Å²) in [7, 11) is 0. The molecule has 1 saturated carbocycles. The number of aromatic nitrogens is 3. The molecule has 2 heterocycles. The number of hydrogen-bond acceptors (Lipinski definition) is 5. The van der Waals surface area contributed by atoms with Gasteiger partial charge >= 0.3 is 0 Å². The molecule has 7 nitrogen and oxygen atoms in total. The van der Waals surface area contributed by atoms with Crippen molar-refractivity contribution < 1.29 is 4.79 Å². The van der Waals surface area contributed by atoms with E-state index in [2.05, 4.69) is 22.4 Å². The highest BCUT2D eigenvalue weighted by molar-refractivity contribution is 5.92. The topological polar surface area (TPSA) is 80.1 Å². The SMILES string of the molecule is Cc1ccc(N2CCn3c2nnc(C(=O)N[C@@H]2CCCC[C@H]2C)c3=O)cc1. The fraction of sp³-hybridized carbons (Fsp3) is 0.500. The Hall–Kier alpha value is -2.70. The molecule has 1 aliphatic carbocycles. The van der Waals surface area contributed by atoms with Gasteiger partial charge in [0.05, 0.1) is 0 Å². The van der Waals surface area contributed by atoms with Crippen LogP contribution in [0.2, 0.25) is 0 Å². The number of nitrogens with one attached hydrogen (secondary N) is 1. The van der Waals surface area contributed by atoms with E-state index in [-0.39, 0.29) is 17.3 Å². The van der Waals surface area contributed by atoms with E-state index < -0.39 is 5.91 Å². The lowest BCUT2D eigenvalue weighted by molar-refractivity contribution is 0.0901. The van der Waals surface area contributed by atoms with E-state index in [0.717, 1.165) is 24.9 Å². The average Bonchev–Trinajstić information content (AvgIpc) is 3.09. The molecule has 4 rings (SSSR count). The third-order valence-electron chi connectivity index (χ3n) is 5.71. The second kappa shape index (κ2) is 7.13. The number of aryl methyl sites for hydroxylation is 1. The molecule has 1 aromatic heterocycles. The van der Waals surface area contributed by atoms with Crippen molar-refractivity contribution in [3.63, 3.8) is 0 Å². The number of anilines is 2. The van der Waals surface area contributed by atoms with Crippen molar-refractivity contribution in [3.8, 4) is 0 Å². The normalized spacial score (nSPS) is 21.8. The fourth-order valence-corrected chi connectivity index (χ4v) is 3.99. The van der Waals surface area contributed by atoms with Gasteiger partial charge in [0.15, 0.2) is 0 Å². The lowest BCUT2D eigenvalue weighted by atomic mass is 9.86. The molecule has 1 N–H and O–H groups in total. The number of amides is 1. The van der Waals surface area contributed by atoms with Crippen LogP contribution in [-0.4, -0.2) is 33.3 Å². The standard InChI is InChI=1S/C20H25N5O2/c1-13-7-9-15(10-8-13)24-11-12-25-19(27)17(22-23-20(24)25)18(26)21-16-6-4-3-5-14(16)2/h7-10,14,16H,3-6,11-12H2,1-2H3,(H,21,26)/t14-,16-/m1/s1. The fourth-order valence-electron chi connectivity index (χ4n) is 3.99. The summed E-state index contributed by atoms with van der Waals surface area (Å²) in [6.45, 7) is 5.31. The molecule has 1 aliphatic heterocycles. The lowest BCUT2D eigenvalue weighted by Crippen LogP contribution is -2.44. The Morgan fingerprint density at radius 1 is 1.11 bits per heavy atom. The average molecular weight is 367 g/mol. The molecular weight excluding hydrogens is 342 g/mol. The van der Waals surface area contributed by atoms with Gasteiger partial charge in [-0.05, 0) is 37.8 Å². The Morgan fingerprint density at radius 3 is 2.59 bits per heavy atom. The Labute approximate surface area is 158 Å². The predicted octanol–water partition coefficient (Wildman–Crippen LogP) is 2.41. The van der Waals surface area contributed by atoms with Crippen LogP contribution in [-0.2, 0) is 6.54 Å². The molecule has 0 spiro atoms. The molecule has 1 aromatic carbocycles. The highest BCUT2D eigenvalue weighted by Gasteiger charge is 2.29. The Bertz CT molecular complexity index is 906. The third kappa shape index (κ3) is 3.34. The van der Waals surface area contributed by atoms with Crippen molar-refractivity contribution >= 4 is 17.5 Å². The van der Waals surface area contributed by atoms with Gasteiger partial charge in [-0.25, -0.2) is 0 Å². The van der Waals surface area contributed by atoms with Gasteiger partial charge in [-0.15, -0.1) is 10.2 Å². The minimum absolute atomic E-state index is 0.106. The zero-order chi connectivity index (χ0) is 19.0. The van der Waals surface area contributed by atoms with Crippen LogP contribution in [0.1, 0.15) is 48.7 Å². The number of nitrogens with zero attached hydrogens (tertiary/aromatic N) is 4. The first-order chi connectivity index (χ1) is 13.0. The zero-order valence-corrected chi connectivity index (χ0v) is 15.8. The van der Waals surface area contributed by atoms with Gasteiger partial charge in [-0.2, -0.15) is 0 Å². The van der Waals surface area contributed by atoms with E-state index in [1.54, 1.807) is 4.57 Å². The van der Waals surface area contributed by atoms with Crippen molar-refractivity contribution in [3.05, 3.63) is 45.9 Å². The van der Waals surface area contributed by atoms with Crippen molar-refractivity contribution in [1.82, 2.24) is 20.1 Å². The number of hydrogen-bond donors (Lipinski definition) is 1. The van der Waals surface area contributed by atoms with E-state index in [0.29, 0.717) is 25.0 Å². The van der Waals surface area contributed by atoms with E-state index in [1.165, 1.54) is 12.0 Å². The molecule has 27 heavy (non-hydrogen) atoms. The largest absolute Gasteiger partial charge is 0.347 e. The van der Waals surface area contributed by atoms with Crippen LogP contribution in [0.5, 0.6) is 0 Å². The van der Waals surface area contributed by atoms with Crippen molar-refractivity contribution in [2.75, 3.05) is 11.4 Å². The summed E-state index contributed by atoms with van der Waals surface area (Å²) in [6.07, 6.45) is 4.36. The zero-order valence-electron chi connectivity index (χ0n) is 15.8. The highest BCUT2D eigenvalue weighted by Crippen LogP contribution is 2.27. The molecule has 142 valence electrons. The van der Waals surface area contributed by atoms with Crippen LogP contribution in [0, 0.1) is 12.8 Å². The first kappa shape index (κ1) is 17.7. The first-order valence-electron chi connectivity index (χ1n) is 9.67. The number of benzene rings is 1. The molecule has 0 bridgehead atoms. The number of rotatable bonds is 3. The highest BCUT2D eigenvalue weighted by atomic mass is 16.2. The monoisotopic (exact) mass is 367 g/mol. The van der Waals surface area contributed by atoms with Gasteiger partial charge in [0.2, 0.25) is 11.6 Å². The smallest absolute Gasteiger partial charge is 0.286 e. The van der Waals surface area contributed by atoms with Crippen LogP contribution >= 0.6 is 0 Å². The second-order valence-electron chi connectivity index (χ2n) is 7.63. The molecule has 0 saturated heterocycles. The molecule has 7 heteroatoms. The minimum Gasteiger partial charge on any atom is -0.347 e. The Kier molecular flexibility index (Phi) is 4.68. The van der Waals surface area contributed by atoms with Crippen molar-refractivity contribution in [2.45, 2.75) is 52.1 Å². The summed E-state index contributed by atoms with van der Waals surface area (Å²) in [5.41, 5.74) is 1.66. The number of carbonyl (C=O) groups is 1. The van der Waals surface area contributed by atoms with Gasteiger partial charge in [0, 0.05) is 24.8 Å². The summed E-state index contributed by atoms with van der Waals surface area (Å²) in [4.78, 5) is 27.4. The summed E-state index contributed by atoms with van der Waals surface area (Å²) < 4.78 is 1.55. The van der Waals surface area contributed by atoms with Crippen LogP contribution in [0.15, 0.2) is 29.1 Å². The maximum Gasteiger partial charge on any atom is 0.286 e. The molecule has 1 fully saturated rings.